The molecule has 12 aromatic rings. The average molecular weight is 1090 g/mol. The Morgan fingerprint density at radius 2 is 0.577 bits per heavy atom. The molecule has 2 atom stereocenters. The molecular formula is C76H61SiZr. The zero-order valence-electron chi connectivity index (χ0n) is 44.5. The second-order valence-electron chi connectivity index (χ2n) is 22.0. The van der Waals surface area contributed by atoms with Gasteiger partial charge in [0.15, 0.2) is 0 Å². The number of fused-ring (bicyclic) bond motifs is 6. The standard InChI is InChI=1S/2C37H27.C2H7Si.Zr/c2*1-2-10-26(11-3-1)20-21-27-24-36-34(32-18-8-14-28-12-4-6-16-30(28)32)22-23-35(37(36)25-27)33-19-9-15-29-13-5-7-17-31(29)33;1-3-2;/h2*1-19,22-25H,20-21H2;3H,1-2H3;. The van der Waals surface area contributed by atoms with Crippen LogP contribution in [-0.4, -0.2) is 5.92 Å². The molecule has 2 heteroatoms. The van der Waals surface area contributed by atoms with Crippen molar-refractivity contribution in [1.82, 2.24) is 0 Å². The van der Waals surface area contributed by atoms with Crippen LogP contribution in [0.3, 0.4) is 0 Å². The molecule has 0 fully saturated rings. The van der Waals surface area contributed by atoms with Gasteiger partial charge < -0.3 is 0 Å². The molecule has 12 aromatic carbocycles. The fourth-order valence-electron chi connectivity index (χ4n) is 13.8. The first-order valence-corrected chi connectivity index (χ1v) is 38.2. The zero-order valence-corrected chi connectivity index (χ0v) is 48.1. The Hall–Kier alpha value is -7.74. The van der Waals surface area contributed by atoms with E-state index in [2.05, 4.69) is 280 Å². The topological polar surface area (TPSA) is 0 Å². The van der Waals surface area contributed by atoms with Crippen LogP contribution in [0.4, 0.5) is 0 Å². The Morgan fingerprint density at radius 1 is 0.282 bits per heavy atom. The van der Waals surface area contributed by atoms with Gasteiger partial charge in [-0.1, -0.05) is 0 Å². The molecule has 0 aromatic heterocycles. The summed E-state index contributed by atoms with van der Waals surface area (Å²) in [5.41, 5.74) is 23.2. The Labute approximate surface area is 468 Å². The fourth-order valence-corrected chi connectivity index (χ4v) is 36.7. The maximum atomic E-state index is 2.77. The van der Waals surface area contributed by atoms with E-state index < -0.39 is 26.8 Å². The van der Waals surface area contributed by atoms with Crippen LogP contribution in [0, 0.1) is 0 Å². The van der Waals surface area contributed by atoms with E-state index in [1.54, 1.807) is 22.3 Å². The predicted octanol–water partition coefficient (Wildman–Crippen LogP) is 20.4. The summed E-state index contributed by atoms with van der Waals surface area (Å²) >= 11 is -2.98. The Bertz CT molecular complexity index is 4020. The number of aryl methyl sites for hydroxylation is 2. The molecule has 0 nitrogen and oxygen atoms in total. The van der Waals surface area contributed by atoms with E-state index in [0.29, 0.717) is 7.25 Å². The third kappa shape index (κ3) is 8.71. The molecule has 2 aliphatic rings. The van der Waals surface area contributed by atoms with Gasteiger partial charge in [0, 0.05) is 0 Å². The molecule has 0 aliphatic heterocycles. The number of benzene rings is 12. The van der Waals surface area contributed by atoms with Crippen LogP contribution in [-0.2, 0) is 33.8 Å². The molecule has 0 N–H and O–H groups in total. The van der Waals surface area contributed by atoms with E-state index in [1.807, 2.05) is 0 Å². The van der Waals surface area contributed by atoms with Gasteiger partial charge in [0.2, 0.25) is 0 Å². The van der Waals surface area contributed by atoms with Crippen LogP contribution in [0.15, 0.2) is 266 Å². The third-order valence-corrected chi connectivity index (χ3v) is 38.9. The van der Waals surface area contributed by atoms with E-state index in [-0.39, 0.29) is 0 Å². The third-order valence-electron chi connectivity index (χ3n) is 17.3. The minimum absolute atomic E-state index is 0.360. The van der Waals surface area contributed by atoms with Gasteiger partial charge >= 0.3 is 472 Å². The van der Waals surface area contributed by atoms with Crippen molar-refractivity contribution in [2.45, 2.75) is 46.0 Å². The summed E-state index contributed by atoms with van der Waals surface area (Å²) in [4.78, 5) is 0. The molecule has 2 aliphatic carbocycles. The van der Waals surface area contributed by atoms with Crippen molar-refractivity contribution in [3.63, 3.8) is 0 Å². The van der Waals surface area contributed by atoms with Crippen molar-refractivity contribution in [1.29, 1.82) is 0 Å². The fraction of sp³-hybridized carbons (Fsp3) is 0.105. The Morgan fingerprint density at radius 3 is 0.923 bits per heavy atom. The zero-order chi connectivity index (χ0) is 52.1. The normalized spacial score (nSPS) is 14.8. The monoisotopic (exact) mass is 1090 g/mol. The molecule has 2 unspecified atom stereocenters. The SMILES string of the molecule is C[SiH](C)[Zr]([CH]1C(CCc2ccccc2)=Cc2c(-c3cccc4ccccc34)ccc(-c3cccc4ccccc34)c21)[CH]1C(CCc2ccccc2)=Cc2c(-c3cccc4ccccc34)ccc(-c3cccc4ccccc34)c21. The molecule has 14 rings (SSSR count). The second-order valence-corrected chi connectivity index (χ2v) is 42.1. The van der Waals surface area contributed by atoms with Crippen molar-refractivity contribution in [3.8, 4) is 44.5 Å². The van der Waals surface area contributed by atoms with Gasteiger partial charge in [0.05, 0.1) is 0 Å². The van der Waals surface area contributed by atoms with Crippen molar-refractivity contribution in [2.24, 2.45) is 0 Å². The van der Waals surface area contributed by atoms with Crippen LogP contribution >= 0.6 is 0 Å². The predicted molar refractivity (Wildman–Crippen MR) is 334 cm³/mol. The summed E-state index contributed by atoms with van der Waals surface area (Å²) in [6.07, 6.45) is 9.62. The molecule has 0 radical (unpaired) electrons. The number of allylic oxidation sites excluding steroid dienone is 2. The molecule has 78 heavy (non-hydrogen) atoms. The molecule has 0 amide bonds. The van der Waals surface area contributed by atoms with E-state index in [4.69, 9.17) is 0 Å². The average Bonchev–Trinajstić information content (AvgIpc) is 4.12. The van der Waals surface area contributed by atoms with Gasteiger partial charge in [-0.2, -0.15) is 0 Å². The van der Waals surface area contributed by atoms with Crippen molar-refractivity contribution in [3.05, 3.63) is 299 Å². The van der Waals surface area contributed by atoms with Crippen LogP contribution in [0.2, 0.25) is 13.1 Å². The van der Waals surface area contributed by atoms with Crippen molar-refractivity contribution < 1.29 is 20.9 Å². The summed E-state index contributed by atoms with van der Waals surface area (Å²) in [5, 5.41) is 10.5. The van der Waals surface area contributed by atoms with Gasteiger partial charge in [-0.05, 0) is 0 Å². The van der Waals surface area contributed by atoms with Gasteiger partial charge in [0.25, 0.3) is 0 Å². The summed E-state index contributed by atoms with van der Waals surface area (Å²) in [5.74, 6) is -1.46. The second kappa shape index (κ2) is 20.9. The molecule has 0 saturated heterocycles. The van der Waals surface area contributed by atoms with Crippen molar-refractivity contribution >= 4 is 61.2 Å². The minimum atomic E-state index is -2.98. The van der Waals surface area contributed by atoms with Gasteiger partial charge in [-0.15, -0.1) is 0 Å². The molecular weight excluding hydrogens is 1030 g/mol. The van der Waals surface area contributed by atoms with Crippen LogP contribution in [0.5, 0.6) is 0 Å². The summed E-state index contributed by atoms with van der Waals surface area (Å²) in [7, 11) is 0. The van der Waals surface area contributed by atoms with E-state index in [0.717, 1.165) is 25.7 Å². The van der Waals surface area contributed by atoms with E-state index >= 15 is 0 Å². The summed E-state index contributed by atoms with van der Waals surface area (Å²) < 4.78 is 0.721. The first kappa shape index (κ1) is 48.6. The first-order chi connectivity index (χ1) is 38.6. The molecule has 0 bridgehead atoms. The Balaban J connectivity index is 1.07. The Kier molecular flexibility index (Phi) is 13.0. The first-order valence-electron chi connectivity index (χ1n) is 28.2. The van der Waals surface area contributed by atoms with E-state index in [1.165, 1.54) is 110 Å². The van der Waals surface area contributed by atoms with Crippen LogP contribution in [0.25, 0.3) is 99.7 Å². The van der Waals surface area contributed by atoms with Gasteiger partial charge in [-0.25, -0.2) is 0 Å². The van der Waals surface area contributed by atoms with E-state index in [9.17, 15) is 0 Å². The quantitative estimate of drug-likeness (QED) is 0.101. The molecule has 0 saturated carbocycles. The van der Waals surface area contributed by atoms with Crippen molar-refractivity contribution in [2.75, 3.05) is 0 Å². The van der Waals surface area contributed by atoms with Crippen LogP contribution < -0.4 is 0 Å². The number of rotatable bonds is 13. The van der Waals surface area contributed by atoms with Gasteiger partial charge in [0.1, 0.15) is 0 Å². The number of hydrogen-bond acceptors (Lipinski definition) is 0. The van der Waals surface area contributed by atoms with Gasteiger partial charge in [-0.3, -0.25) is 0 Å². The number of hydrogen-bond donors (Lipinski definition) is 0. The maximum absolute atomic E-state index is 2.98. The van der Waals surface area contributed by atoms with Crippen LogP contribution in [0.1, 0.15) is 53.5 Å². The summed E-state index contributed by atoms with van der Waals surface area (Å²) in [6.45, 7) is 5.54. The molecule has 0 spiro atoms. The summed E-state index contributed by atoms with van der Waals surface area (Å²) in [6, 6.07) is 96.9. The molecule has 0 heterocycles. The molecule has 373 valence electrons.